The Balaban J connectivity index is 1.44. The van der Waals surface area contributed by atoms with Crippen molar-refractivity contribution in [1.29, 1.82) is 0 Å². The zero-order chi connectivity index (χ0) is 24.0. The lowest BCUT2D eigenvalue weighted by Crippen LogP contribution is -2.23. The van der Waals surface area contributed by atoms with Gasteiger partial charge in [-0.15, -0.1) is 0 Å². The maximum atomic E-state index is 13.1. The van der Waals surface area contributed by atoms with E-state index in [1.165, 1.54) is 0 Å². The van der Waals surface area contributed by atoms with Crippen molar-refractivity contribution < 1.29 is 23.7 Å². The average Bonchev–Trinajstić information content (AvgIpc) is 2.91. The van der Waals surface area contributed by atoms with Crippen molar-refractivity contribution in [3.05, 3.63) is 125 Å². The van der Waals surface area contributed by atoms with Gasteiger partial charge in [-0.3, -0.25) is 0 Å². The number of carbonyl (C=O) groups excluding carboxylic acids is 1. The Labute approximate surface area is 204 Å². The van der Waals surface area contributed by atoms with Crippen molar-refractivity contribution >= 4 is 5.97 Å². The van der Waals surface area contributed by atoms with Crippen molar-refractivity contribution in [1.82, 2.24) is 0 Å². The van der Waals surface area contributed by atoms with E-state index in [0.29, 0.717) is 36.7 Å². The molecule has 0 N–H and O–H groups in total. The van der Waals surface area contributed by atoms with Crippen LogP contribution in [0.1, 0.15) is 38.7 Å². The number of cyclic esters (lactones) is 1. The van der Waals surface area contributed by atoms with E-state index < -0.39 is 12.1 Å². The smallest absolute Gasteiger partial charge is 0.342 e. The molecule has 0 aliphatic carbocycles. The Morgan fingerprint density at radius 3 is 2.03 bits per heavy atom. The van der Waals surface area contributed by atoms with E-state index in [-0.39, 0.29) is 0 Å². The monoisotopic (exact) mass is 466 g/mol. The molecular weight excluding hydrogens is 440 g/mol. The first-order valence-electron chi connectivity index (χ1n) is 11.5. The van der Waals surface area contributed by atoms with Gasteiger partial charge in [0.05, 0.1) is 7.11 Å². The fraction of sp³-hybridized carbons (Fsp3) is 0.167. The van der Waals surface area contributed by atoms with Gasteiger partial charge < -0.3 is 18.9 Å². The van der Waals surface area contributed by atoms with Crippen molar-refractivity contribution in [2.24, 2.45) is 0 Å². The van der Waals surface area contributed by atoms with Gasteiger partial charge in [-0.25, -0.2) is 4.79 Å². The second-order valence-electron chi connectivity index (χ2n) is 8.38. The summed E-state index contributed by atoms with van der Waals surface area (Å²) in [6, 6.07) is 31.1. The zero-order valence-corrected chi connectivity index (χ0v) is 19.5. The van der Waals surface area contributed by atoms with Crippen LogP contribution in [0.5, 0.6) is 17.2 Å². The second-order valence-corrected chi connectivity index (χ2v) is 8.38. The SMILES string of the molecule is COc1ccc([C@H]2Cc3cc(OCc4ccccc4)cc(OCc4ccccc4)c3C(=O)O2)cc1. The molecule has 0 fully saturated rings. The molecule has 4 aromatic rings. The van der Waals surface area contributed by atoms with E-state index in [4.69, 9.17) is 18.9 Å². The van der Waals surface area contributed by atoms with E-state index in [1.807, 2.05) is 91.0 Å². The minimum atomic E-state index is -0.398. The maximum Gasteiger partial charge on any atom is 0.342 e. The molecule has 0 bridgehead atoms. The summed E-state index contributed by atoms with van der Waals surface area (Å²) < 4.78 is 23.3. The third kappa shape index (κ3) is 5.30. The number of methoxy groups -OCH3 is 1. The maximum absolute atomic E-state index is 13.1. The van der Waals surface area contributed by atoms with Gasteiger partial charge in [-0.2, -0.15) is 0 Å². The topological polar surface area (TPSA) is 54.0 Å². The van der Waals surface area contributed by atoms with Gasteiger partial charge in [-0.05, 0) is 40.5 Å². The first-order chi connectivity index (χ1) is 17.2. The van der Waals surface area contributed by atoms with Crippen LogP contribution in [0.15, 0.2) is 97.1 Å². The van der Waals surface area contributed by atoms with Gasteiger partial charge >= 0.3 is 5.97 Å². The molecule has 5 nitrogen and oxygen atoms in total. The molecule has 0 spiro atoms. The van der Waals surface area contributed by atoms with E-state index in [1.54, 1.807) is 13.2 Å². The normalized spacial score (nSPS) is 14.5. The molecule has 0 radical (unpaired) electrons. The second kappa shape index (κ2) is 10.3. The lowest BCUT2D eigenvalue weighted by atomic mass is 9.93. The molecule has 0 saturated carbocycles. The highest BCUT2D eigenvalue weighted by atomic mass is 16.5. The van der Waals surface area contributed by atoms with Gasteiger partial charge in [0.2, 0.25) is 0 Å². The summed E-state index contributed by atoms with van der Waals surface area (Å²) in [6.07, 6.45) is 0.129. The molecule has 5 rings (SSSR count). The lowest BCUT2D eigenvalue weighted by Gasteiger charge is -2.27. The summed E-state index contributed by atoms with van der Waals surface area (Å²) >= 11 is 0. The Bertz CT molecular complexity index is 1280. The number of hydrogen-bond donors (Lipinski definition) is 0. The first-order valence-corrected chi connectivity index (χ1v) is 11.5. The van der Waals surface area contributed by atoms with E-state index >= 15 is 0 Å². The highest BCUT2D eigenvalue weighted by Crippen LogP contribution is 2.39. The Morgan fingerprint density at radius 2 is 1.40 bits per heavy atom. The molecule has 176 valence electrons. The van der Waals surface area contributed by atoms with Gasteiger partial charge in [0.25, 0.3) is 0 Å². The number of esters is 1. The molecule has 1 aliphatic heterocycles. The molecule has 0 unspecified atom stereocenters. The minimum Gasteiger partial charge on any atom is -0.497 e. The molecule has 0 amide bonds. The summed E-state index contributed by atoms with van der Waals surface area (Å²) in [5.74, 6) is 1.47. The molecule has 1 heterocycles. The Hall–Kier alpha value is -4.25. The molecular formula is C30H26O5. The quantitative estimate of drug-likeness (QED) is 0.285. The fourth-order valence-electron chi connectivity index (χ4n) is 4.15. The number of carbonyl (C=O) groups is 1. The van der Waals surface area contributed by atoms with Crippen LogP contribution >= 0.6 is 0 Å². The van der Waals surface area contributed by atoms with Crippen molar-refractivity contribution in [3.63, 3.8) is 0 Å². The predicted octanol–water partition coefficient (Wildman–Crippen LogP) is 6.31. The number of rotatable bonds is 8. The minimum absolute atomic E-state index is 0.338. The van der Waals surface area contributed by atoms with E-state index in [0.717, 1.165) is 28.0 Å². The van der Waals surface area contributed by atoms with Gasteiger partial charge in [0, 0.05) is 12.5 Å². The van der Waals surface area contributed by atoms with Crippen LogP contribution in [0.4, 0.5) is 0 Å². The third-order valence-electron chi connectivity index (χ3n) is 5.99. The van der Waals surface area contributed by atoms with Gasteiger partial charge in [0.1, 0.15) is 42.1 Å². The summed E-state index contributed by atoms with van der Waals surface area (Å²) in [5.41, 5.74) is 4.28. The standard InChI is InChI=1S/C30H26O5/c1-32-25-14-12-23(13-15-25)27-17-24-16-26(33-19-21-8-4-2-5-9-21)18-28(29(24)30(31)35-27)34-20-22-10-6-3-7-11-22/h2-16,18,27H,17,19-20H2,1H3/t27-/m1/s1. The lowest BCUT2D eigenvalue weighted by molar-refractivity contribution is 0.0246. The molecule has 4 aromatic carbocycles. The average molecular weight is 467 g/mol. The number of ether oxygens (including phenoxy) is 4. The van der Waals surface area contributed by atoms with Crippen LogP contribution in [0.2, 0.25) is 0 Å². The highest BCUT2D eigenvalue weighted by molar-refractivity contribution is 5.95. The summed E-state index contributed by atoms with van der Waals surface area (Å²) in [5, 5.41) is 0. The molecule has 5 heteroatoms. The van der Waals surface area contributed by atoms with Crippen LogP contribution < -0.4 is 14.2 Å². The zero-order valence-electron chi connectivity index (χ0n) is 19.5. The summed E-state index contributed by atoms with van der Waals surface area (Å²) in [6.45, 7) is 0.759. The van der Waals surface area contributed by atoms with Crippen molar-refractivity contribution in [2.75, 3.05) is 7.11 Å². The first kappa shape index (κ1) is 22.5. The van der Waals surface area contributed by atoms with Gasteiger partial charge in [-0.1, -0.05) is 72.8 Å². The molecule has 35 heavy (non-hydrogen) atoms. The predicted molar refractivity (Wildman–Crippen MR) is 133 cm³/mol. The largest absolute Gasteiger partial charge is 0.497 e. The summed E-state index contributed by atoms with van der Waals surface area (Å²) in [4.78, 5) is 13.1. The molecule has 1 aliphatic rings. The van der Waals surface area contributed by atoms with E-state index in [2.05, 4.69) is 0 Å². The third-order valence-corrected chi connectivity index (χ3v) is 5.99. The van der Waals surface area contributed by atoms with Crippen LogP contribution in [-0.4, -0.2) is 13.1 Å². The van der Waals surface area contributed by atoms with Crippen LogP contribution in [-0.2, 0) is 24.4 Å². The molecule has 1 atom stereocenters. The van der Waals surface area contributed by atoms with Crippen LogP contribution in [0.3, 0.4) is 0 Å². The van der Waals surface area contributed by atoms with Gasteiger partial charge in [0.15, 0.2) is 0 Å². The molecule has 0 saturated heterocycles. The Kier molecular flexibility index (Phi) is 6.66. The van der Waals surface area contributed by atoms with Crippen LogP contribution in [0.25, 0.3) is 0 Å². The van der Waals surface area contributed by atoms with Crippen molar-refractivity contribution in [3.8, 4) is 17.2 Å². The molecule has 0 aromatic heterocycles. The summed E-state index contributed by atoms with van der Waals surface area (Å²) in [7, 11) is 1.62. The van der Waals surface area contributed by atoms with Crippen molar-refractivity contribution in [2.45, 2.75) is 25.7 Å². The highest BCUT2D eigenvalue weighted by Gasteiger charge is 2.31. The number of benzene rings is 4. The fourth-order valence-corrected chi connectivity index (χ4v) is 4.15. The Morgan fingerprint density at radius 1 is 0.771 bits per heavy atom. The number of fused-ring (bicyclic) bond motifs is 1. The van der Waals surface area contributed by atoms with E-state index in [9.17, 15) is 4.79 Å². The number of hydrogen-bond acceptors (Lipinski definition) is 5. The van der Waals surface area contributed by atoms with Crippen LogP contribution in [0, 0.1) is 0 Å².